The Kier molecular flexibility index (Phi) is 4.44. The fraction of sp³-hybridized carbons (Fsp3) is 0.238. The molecule has 1 aliphatic rings. The molecule has 0 radical (unpaired) electrons. The molecule has 5 nitrogen and oxygen atoms in total. The highest BCUT2D eigenvalue weighted by atomic mass is 16.5. The molecule has 5 heteroatoms. The van der Waals surface area contributed by atoms with Gasteiger partial charge in [-0.3, -0.25) is 0 Å². The molecule has 4 rings (SSSR count). The van der Waals surface area contributed by atoms with Gasteiger partial charge >= 0.3 is 0 Å². The fourth-order valence-electron chi connectivity index (χ4n) is 3.32. The van der Waals surface area contributed by atoms with Crippen molar-refractivity contribution in [2.24, 2.45) is 0 Å². The predicted molar refractivity (Wildman–Crippen MR) is 104 cm³/mol. The van der Waals surface area contributed by atoms with Crippen molar-refractivity contribution in [3.8, 4) is 5.75 Å². The number of fused-ring (bicyclic) bond motifs is 1. The SMILES string of the molecule is COc1cccc(Nc2cc(N3CCc4ccccc4C3)nc(C)n2)c1. The number of aromatic nitrogens is 2. The number of nitrogens with one attached hydrogen (secondary N) is 1. The first-order chi connectivity index (χ1) is 12.7. The summed E-state index contributed by atoms with van der Waals surface area (Å²) >= 11 is 0. The van der Waals surface area contributed by atoms with Gasteiger partial charge in [-0.15, -0.1) is 0 Å². The molecule has 2 heterocycles. The number of nitrogens with zero attached hydrogens (tertiary/aromatic N) is 3. The fourth-order valence-corrected chi connectivity index (χ4v) is 3.32. The molecular formula is C21H22N4O. The second-order valence-corrected chi connectivity index (χ2v) is 6.46. The van der Waals surface area contributed by atoms with E-state index < -0.39 is 0 Å². The topological polar surface area (TPSA) is 50.3 Å². The molecule has 1 aromatic heterocycles. The van der Waals surface area contributed by atoms with Crippen LogP contribution in [0.25, 0.3) is 0 Å². The van der Waals surface area contributed by atoms with Crippen LogP contribution in [0.5, 0.6) is 5.75 Å². The van der Waals surface area contributed by atoms with E-state index in [9.17, 15) is 0 Å². The molecule has 0 unspecified atom stereocenters. The molecule has 0 aliphatic carbocycles. The summed E-state index contributed by atoms with van der Waals surface area (Å²) in [5.74, 6) is 3.32. The molecule has 0 spiro atoms. The predicted octanol–water partition coefficient (Wildman–Crippen LogP) is 4.10. The van der Waals surface area contributed by atoms with Crippen molar-refractivity contribution in [3.05, 3.63) is 71.5 Å². The average Bonchev–Trinajstić information content (AvgIpc) is 2.67. The lowest BCUT2D eigenvalue weighted by molar-refractivity contribution is 0.415. The first-order valence-electron chi connectivity index (χ1n) is 8.80. The minimum absolute atomic E-state index is 0.756. The molecule has 3 aromatic rings. The number of benzene rings is 2. The zero-order chi connectivity index (χ0) is 17.9. The zero-order valence-corrected chi connectivity index (χ0v) is 15.1. The van der Waals surface area contributed by atoms with E-state index in [0.29, 0.717) is 0 Å². The standard InChI is InChI=1S/C21H22N4O/c1-15-22-20(24-18-8-5-9-19(12-18)26-2)13-21(23-15)25-11-10-16-6-3-4-7-17(16)14-25/h3-9,12-13H,10-11,14H2,1-2H3,(H,22,23,24). The number of anilines is 3. The summed E-state index contributed by atoms with van der Waals surface area (Å²) in [7, 11) is 1.67. The van der Waals surface area contributed by atoms with Crippen LogP contribution in [-0.2, 0) is 13.0 Å². The Morgan fingerprint density at radius 2 is 1.85 bits per heavy atom. The third-order valence-electron chi connectivity index (χ3n) is 4.62. The lowest BCUT2D eigenvalue weighted by Crippen LogP contribution is -2.31. The first-order valence-corrected chi connectivity index (χ1v) is 8.80. The van der Waals surface area contributed by atoms with Crippen LogP contribution < -0.4 is 15.0 Å². The molecule has 132 valence electrons. The average molecular weight is 346 g/mol. The van der Waals surface area contributed by atoms with Gasteiger partial charge < -0.3 is 15.0 Å². The maximum Gasteiger partial charge on any atom is 0.136 e. The van der Waals surface area contributed by atoms with Gasteiger partial charge in [-0.2, -0.15) is 0 Å². The van der Waals surface area contributed by atoms with E-state index in [1.165, 1.54) is 11.1 Å². The Morgan fingerprint density at radius 3 is 2.69 bits per heavy atom. The Hall–Kier alpha value is -3.08. The number of ether oxygens (including phenoxy) is 1. The summed E-state index contributed by atoms with van der Waals surface area (Å²) in [5.41, 5.74) is 3.75. The van der Waals surface area contributed by atoms with Gasteiger partial charge in [-0.05, 0) is 36.6 Å². The van der Waals surface area contributed by atoms with Gasteiger partial charge in [0.05, 0.1) is 7.11 Å². The van der Waals surface area contributed by atoms with E-state index in [2.05, 4.69) is 44.5 Å². The second-order valence-electron chi connectivity index (χ2n) is 6.46. The van der Waals surface area contributed by atoms with Crippen LogP contribution in [0.3, 0.4) is 0 Å². The van der Waals surface area contributed by atoms with Crippen molar-refractivity contribution < 1.29 is 4.74 Å². The van der Waals surface area contributed by atoms with Crippen molar-refractivity contribution in [3.63, 3.8) is 0 Å². The van der Waals surface area contributed by atoms with E-state index in [0.717, 1.165) is 48.4 Å². The minimum atomic E-state index is 0.756. The summed E-state index contributed by atoms with van der Waals surface area (Å²) in [6.45, 7) is 3.77. The second kappa shape index (κ2) is 7.04. The van der Waals surface area contributed by atoms with Gasteiger partial charge in [0, 0.05) is 30.9 Å². The largest absolute Gasteiger partial charge is 0.497 e. The normalized spacial score (nSPS) is 13.2. The van der Waals surface area contributed by atoms with Crippen molar-refractivity contribution in [2.45, 2.75) is 19.9 Å². The van der Waals surface area contributed by atoms with E-state index in [1.54, 1.807) is 7.11 Å². The highest BCUT2D eigenvalue weighted by molar-refractivity contribution is 5.61. The number of aryl methyl sites for hydroxylation is 1. The quantitative estimate of drug-likeness (QED) is 0.771. The molecule has 2 aromatic carbocycles. The summed E-state index contributed by atoms with van der Waals surface area (Å²) < 4.78 is 5.29. The number of methoxy groups -OCH3 is 1. The van der Waals surface area contributed by atoms with Crippen molar-refractivity contribution >= 4 is 17.3 Å². The third-order valence-corrected chi connectivity index (χ3v) is 4.62. The van der Waals surface area contributed by atoms with Gasteiger partial charge in [0.25, 0.3) is 0 Å². The molecule has 0 fully saturated rings. The van der Waals surface area contributed by atoms with E-state index >= 15 is 0 Å². The molecule has 1 N–H and O–H groups in total. The third kappa shape index (κ3) is 3.47. The van der Waals surface area contributed by atoms with Crippen LogP contribution >= 0.6 is 0 Å². The van der Waals surface area contributed by atoms with Crippen LogP contribution in [0.15, 0.2) is 54.6 Å². The Morgan fingerprint density at radius 1 is 1.00 bits per heavy atom. The van der Waals surface area contributed by atoms with E-state index in [1.807, 2.05) is 37.3 Å². The van der Waals surface area contributed by atoms with Gasteiger partial charge in [0.1, 0.15) is 23.2 Å². The summed E-state index contributed by atoms with van der Waals surface area (Å²) in [6.07, 6.45) is 1.04. The van der Waals surface area contributed by atoms with Gasteiger partial charge in [0.2, 0.25) is 0 Å². The number of rotatable bonds is 4. The molecule has 1 aliphatic heterocycles. The Bertz CT molecular complexity index is 925. The van der Waals surface area contributed by atoms with Crippen LogP contribution in [-0.4, -0.2) is 23.6 Å². The molecule has 26 heavy (non-hydrogen) atoms. The van der Waals surface area contributed by atoms with Crippen molar-refractivity contribution in [2.75, 3.05) is 23.9 Å². The number of hydrogen-bond donors (Lipinski definition) is 1. The van der Waals surface area contributed by atoms with Crippen molar-refractivity contribution in [1.82, 2.24) is 9.97 Å². The zero-order valence-electron chi connectivity index (χ0n) is 15.1. The monoisotopic (exact) mass is 346 g/mol. The minimum Gasteiger partial charge on any atom is -0.497 e. The molecule has 0 saturated heterocycles. The summed E-state index contributed by atoms with van der Waals surface area (Å²) in [6, 6.07) is 18.5. The van der Waals surface area contributed by atoms with Crippen LogP contribution in [0.2, 0.25) is 0 Å². The van der Waals surface area contributed by atoms with Crippen LogP contribution in [0.1, 0.15) is 17.0 Å². The van der Waals surface area contributed by atoms with Gasteiger partial charge in [-0.25, -0.2) is 9.97 Å². The maximum atomic E-state index is 5.29. The Labute approximate surface area is 153 Å². The van der Waals surface area contributed by atoms with Gasteiger partial charge in [-0.1, -0.05) is 30.3 Å². The lowest BCUT2D eigenvalue weighted by Gasteiger charge is -2.30. The smallest absolute Gasteiger partial charge is 0.136 e. The maximum absolute atomic E-state index is 5.29. The molecule has 0 amide bonds. The highest BCUT2D eigenvalue weighted by Crippen LogP contribution is 2.26. The van der Waals surface area contributed by atoms with E-state index in [-0.39, 0.29) is 0 Å². The highest BCUT2D eigenvalue weighted by Gasteiger charge is 2.18. The summed E-state index contributed by atoms with van der Waals surface area (Å²) in [5, 5.41) is 3.36. The van der Waals surface area contributed by atoms with Crippen LogP contribution in [0.4, 0.5) is 17.3 Å². The first kappa shape index (κ1) is 16.4. The number of hydrogen-bond acceptors (Lipinski definition) is 5. The van der Waals surface area contributed by atoms with Crippen LogP contribution in [0, 0.1) is 6.92 Å². The van der Waals surface area contributed by atoms with Crippen molar-refractivity contribution in [1.29, 1.82) is 0 Å². The van der Waals surface area contributed by atoms with Gasteiger partial charge in [0.15, 0.2) is 0 Å². The molecule has 0 saturated carbocycles. The molecule has 0 atom stereocenters. The Balaban J connectivity index is 1.58. The van der Waals surface area contributed by atoms with E-state index in [4.69, 9.17) is 4.74 Å². The summed E-state index contributed by atoms with van der Waals surface area (Å²) in [4.78, 5) is 11.5. The lowest BCUT2D eigenvalue weighted by atomic mass is 10.00. The molecular weight excluding hydrogens is 324 g/mol. The molecule has 0 bridgehead atoms.